The average molecular weight is 492 g/mol. The van der Waals surface area contributed by atoms with Gasteiger partial charge in [-0.05, 0) is 56.9 Å². The highest BCUT2D eigenvalue weighted by Crippen LogP contribution is 2.30. The van der Waals surface area contributed by atoms with Crippen LogP contribution in [0.1, 0.15) is 45.1 Å². The summed E-state index contributed by atoms with van der Waals surface area (Å²) in [7, 11) is 0. The van der Waals surface area contributed by atoms with E-state index in [2.05, 4.69) is 25.2 Å². The summed E-state index contributed by atoms with van der Waals surface area (Å²) in [5.74, 6) is 1.12. The minimum absolute atomic E-state index is 0.0571. The molecule has 3 heterocycles. The molecular weight excluding hydrogens is 462 g/mol. The number of hydrogen-bond donors (Lipinski definition) is 3. The fraction of sp³-hybridized carbons (Fsp3) is 0.385. The first-order chi connectivity index (χ1) is 17.3. The summed E-state index contributed by atoms with van der Waals surface area (Å²) in [6, 6.07) is 5.44. The Bertz CT molecular complexity index is 1350. The lowest BCUT2D eigenvalue weighted by Crippen LogP contribution is -2.40. The largest absolute Gasteiger partial charge is 0.508 e. The number of rotatable bonds is 7. The van der Waals surface area contributed by atoms with Crippen LogP contribution in [0.5, 0.6) is 0 Å². The lowest BCUT2D eigenvalue weighted by Gasteiger charge is -2.34. The number of piperidine rings is 1. The van der Waals surface area contributed by atoms with Gasteiger partial charge in [-0.3, -0.25) is 15.1 Å². The molecule has 1 atom stereocenters. The predicted molar refractivity (Wildman–Crippen MR) is 134 cm³/mol. The van der Waals surface area contributed by atoms with E-state index in [4.69, 9.17) is 9.15 Å². The standard InChI is InChI=1S/C26H29N5O5/c1-26(2,24(33)34)16-9-10-18-21(12-16)36-25(28-18)30-22-13-27-14-23(29-22)31-11-5-6-17(15-31)35-20-8-4-3-7-19(20)32/h4,8-10,12-14,17,32H,3,5-7,11,15H2,1-2H3,(H,33,34)(H,28,29,30). The second-order valence-corrected chi connectivity index (χ2v) is 9.60. The highest BCUT2D eigenvalue weighted by Gasteiger charge is 2.30. The third kappa shape index (κ3) is 4.84. The van der Waals surface area contributed by atoms with Crippen LogP contribution in [0, 0.1) is 0 Å². The first-order valence-electron chi connectivity index (χ1n) is 12.0. The van der Waals surface area contributed by atoms with Crippen molar-refractivity contribution in [2.75, 3.05) is 23.3 Å². The summed E-state index contributed by atoms with van der Waals surface area (Å²) in [6.45, 7) is 4.75. The Morgan fingerprint density at radius 2 is 2.14 bits per heavy atom. The van der Waals surface area contributed by atoms with E-state index < -0.39 is 11.4 Å². The number of aliphatic carboxylic acids is 1. The Hall–Kier alpha value is -4.08. The smallest absolute Gasteiger partial charge is 0.313 e. The van der Waals surface area contributed by atoms with Gasteiger partial charge >= 0.3 is 12.0 Å². The Kier molecular flexibility index (Phi) is 6.26. The second kappa shape index (κ2) is 9.52. The lowest BCUT2D eigenvalue weighted by molar-refractivity contribution is -0.142. The van der Waals surface area contributed by atoms with Crippen LogP contribution in [0.2, 0.25) is 0 Å². The van der Waals surface area contributed by atoms with Crippen LogP contribution in [0.3, 0.4) is 0 Å². The van der Waals surface area contributed by atoms with Crippen LogP contribution in [0.25, 0.3) is 11.1 Å². The molecule has 1 fully saturated rings. The molecule has 0 amide bonds. The molecular formula is C26H29N5O5. The Balaban J connectivity index is 1.30. The van der Waals surface area contributed by atoms with Crippen molar-refractivity contribution in [2.45, 2.75) is 51.0 Å². The van der Waals surface area contributed by atoms with Gasteiger partial charge in [-0.2, -0.15) is 4.98 Å². The molecule has 3 N–H and O–H groups in total. The number of nitrogens with one attached hydrogen (secondary N) is 1. The van der Waals surface area contributed by atoms with E-state index >= 15 is 0 Å². The maximum atomic E-state index is 11.6. The van der Waals surface area contributed by atoms with Gasteiger partial charge in [0.1, 0.15) is 23.2 Å². The summed E-state index contributed by atoms with van der Waals surface area (Å²) in [4.78, 5) is 27.2. The number of oxazole rings is 1. The monoisotopic (exact) mass is 491 g/mol. The molecule has 1 unspecified atom stereocenters. The Morgan fingerprint density at radius 3 is 2.94 bits per heavy atom. The van der Waals surface area contributed by atoms with Gasteiger partial charge in [-0.15, -0.1) is 0 Å². The molecule has 5 rings (SSSR count). The van der Waals surface area contributed by atoms with Gasteiger partial charge in [-0.1, -0.05) is 12.1 Å². The predicted octanol–water partition coefficient (Wildman–Crippen LogP) is 4.83. The molecule has 0 saturated carbocycles. The number of aromatic nitrogens is 3. The third-order valence-corrected chi connectivity index (χ3v) is 6.60. The minimum atomic E-state index is -1.05. The number of fused-ring (bicyclic) bond motifs is 1. The molecule has 188 valence electrons. The molecule has 0 bridgehead atoms. The number of benzene rings is 1. The van der Waals surface area contributed by atoms with Crippen molar-refractivity contribution >= 4 is 34.7 Å². The summed E-state index contributed by atoms with van der Waals surface area (Å²) in [5.41, 5.74) is 0.671. The molecule has 1 aliphatic carbocycles. The normalized spacial score (nSPS) is 18.5. The molecule has 2 aliphatic rings. The molecule has 36 heavy (non-hydrogen) atoms. The van der Waals surface area contributed by atoms with Crippen molar-refractivity contribution < 1.29 is 24.2 Å². The van der Waals surface area contributed by atoms with Crippen molar-refractivity contribution in [2.24, 2.45) is 0 Å². The van der Waals surface area contributed by atoms with E-state index in [0.29, 0.717) is 52.8 Å². The molecule has 3 aromatic rings. The van der Waals surface area contributed by atoms with Gasteiger partial charge in [0.2, 0.25) is 0 Å². The van der Waals surface area contributed by atoms with Crippen molar-refractivity contribution in [1.29, 1.82) is 0 Å². The number of aliphatic hydroxyl groups excluding tert-OH is 1. The van der Waals surface area contributed by atoms with E-state index in [1.807, 2.05) is 12.2 Å². The van der Waals surface area contributed by atoms with Crippen LogP contribution in [0.15, 0.2) is 58.7 Å². The molecule has 1 saturated heterocycles. The van der Waals surface area contributed by atoms with Crippen molar-refractivity contribution in [3.63, 3.8) is 0 Å². The number of carboxylic acid groups (broad SMARTS) is 1. The molecule has 0 radical (unpaired) electrons. The zero-order chi connectivity index (χ0) is 25.3. The van der Waals surface area contributed by atoms with E-state index in [-0.39, 0.29) is 12.1 Å². The SMILES string of the molecule is CC(C)(C(=O)O)c1ccc2nc(Nc3cncc(N4CCCC(OC5=C(O)CCC=C5)C4)n3)oc2c1. The number of carbonyl (C=O) groups is 1. The zero-order valence-electron chi connectivity index (χ0n) is 20.3. The molecule has 1 aliphatic heterocycles. The molecule has 2 aromatic heterocycles. The lowest BCUT2D eigenvalue weighted by atomic mass is 9.85. The van der Waals surface area contributed by atoms with Crippen LogP contribution in [-0.4, -0.2) is 50.3 Å². The van der Waals surface area contributed by atoms with Gasteiger partial charge in [0, 0.05) is 13.0 Å². The molecule has 0 spiro atoms. The van der Waals surface area contributed by atoms with Gasteiger partial charge < -0.3 is 24.3 Å². The molecule has 10 nitrogen and oxygen atoms in total. The van der Waals surface area contributed by atoms with Crippen LogP contribution < -0.4 is 10.2 Å². The van der Waals surface area contributed by atoms with E-state index in [0.717, 1.165) is 25.8 Å². The summed E-state index contributed by atoms with van der Waals surface area (Å²) in [6.07, 6.45) is 10.4. The Morgan fingerprint density at radius 1 is 1.28 bits per heavy atom. The van der Waals surface area contributed by atoms with Crippen LogP contribution in [0.4, 0.5) is 17.7 Å². The van der Waals surface area contributed by atoms with Gasteiger partial charge in [0.15, 0.2) is 17.2 Å². The maximum absolute atomic E-state index is 11.6. The Labute approximate surface area is 208 Å². The third-order valence-electron chi connectivity index (χ3n) is 6.60. The first-order valence-corrected chi connectivity index (χ1v) is 12.0. The number of nitrogens with zero attached hydrogens (tertiary/aromatic N) is 4. The number of carboxylic acids is 1. The number of anilines is 3. The van der Waals surface area contributed by atoms with Crippen molar-refractivity contribution in [3.05, 3.63) is 59.8 Å². The molecule has 1 aromatic carbocycles. The quantitative estimate of drug-likeness (QED) is 0.422. The molecule has 10 heteroatoms. The summed E-state index contributed by atoms with van der Waals surface area (Å²) < 4.78 is 11.9. The van der Waals surface area contributed by atoms with Gasteiger partial charge in [0.25, 0.3) is 0 Å². The van der Waals surface area contributed by atoms with Gasteiger partial charge in [0.05, 0.1) is 24.4 Å². The average Bonchev–Trinajstić information content (AvgIpc) is 3.27. The number of hydrogen-bond acceptors (Lipinski definition) is 9. The second-order valence-electron chi connectivity index (χ2n) is 9.60. The van der Waals surface area contributed by atoms with Crippen LogP contribution in [-0.2, 0) is 14.9 Å². The number of aliphatic hydroxyl groups is 1. The highest BCUT2D eigenvalue weighted by molar-refractivity contribution is 5.83. The van der Waals surface area contributed by atoms with Crippen molar-refractivity contribution in [1.82, 2.24) is 15.0 Å². The van der Waals surface area contributed by atoms with E-state index in [1.54, 1.807) is 44.4 Å². The maximum Gasteiger partial charge on any atom is 0.313 e. The van der Waals surface area contributed by atoms with E-state index in [1.165, 1.54) is 0 Å². The zero-order valence-corrected chi connectivity index (χ0v) is 20.3. The number of allylic oxidation sites excluding steroid dienone is 3. The van der Waals surface area contributed by atoms with E-state index in [9.17, 15) is 15.0 Å². The minimum Gasteiger partial charge on any atom is -0.508 e. The number of ether oxygens (including phenoxy) is 1. The fourth-order valence-electron chi connectivity index (χ4n) is 4.33. The fourth-order valence-corrected chi connectivity index (χ4v) is 4.33. The summed E-state index contributed by atoms with van der Waals surface area (Å²) >= 11 is 0. The summed E-state index contributed by atoms with van der Waals surface area (Å²) in [5, 5.41) is 22.7. The van der Waals surface area contributed by atoms with Gasteiger partial charge in [-0.25, -0.2) is 4.98 Å². The van der Waals surface area contributed by atoms with Crippen LogP contribution >= 0.6 is 0 Å². The first kappa shape index (κ1) is 23.7. The highest BCUT2D eigenvalue weighted by atomic mass is 16.5. The van der Waals surface area contributed by atoms with Crippen molar-refractivity contribution in [3.8, 4) is 0 Å². The topological polar surface area (TPSA) is 134 Å².